The highest BCUT2D eigenvalue weighted by Gasteiger charge is 2.36. The van der Waals surface area contributed by atoms with Gasteiger partial charge in [0.05, 0.1) is 25.8 Å². The maximum Gasteiger partial charge on any atom is 0.415 e. The van der Waals surface area contributed by atoms with Crippen LogP contribution in [0.2, 0.25) is 0 Å². The average molecular weight is 683 g/mol. The van der Waals surface area contributed by atoms with Gasteiger partial charge in [-0.15, -0.1) is 0 Å². The number of rotatable bonds is 21. The first kappa shape index (κ1) is 40.7. The minimum atomic E-state index is -0.978. The van der Waals surface area contributed by atoms with Gasteiger partial charge in [0.1, 0.15) is 17.8 Å². The summed E-state index contributed by atoms with van der Waals surface area (Å²) in [5.41, 5.74) is 1.08. The minimum Gasteiger partial charge on any atom is -0.497 e. The van der Waals surface area contributed by atoms with E-state index in [0.717, 1.165) is 31.2 Å². The Morgan fingerprint density at radius 3 is 2.12 bits per heavy atom. The summed E-state index contributed by atoms with van der Waals surface area (Å²) in [5, 5.41) is 8.41. The van der Waals surface area contributed by atoms with Crippen LogP contribution in [0.3, 0.4) is 0 Å². The number of nitrogens with one attached hydrogen (secondary N) is 3. The number of unbranched alkanes of at least 4 members (excludes halogenated alkanes) is 4. The van der Waals surface area contributed by atoms with E-state index in [9.17, 15) is 24.0 Å². The zero-order chi connectivity index (χ0) is 36.2. The number of esters is 2. The zero-order valence-corrected chi connectivity index (χ0v) is 29.8. The number of alkyl carbamates (subject to hydrolysis) is 1. The Morgan fingerprint density at radius 2 is 1.53 bits per heavy atom. The van der Waals surface area contributed by atoms with Crippen LogP contribution in [0.5, 0.6) is 5.75 Å². The van der Waals surface area contributed by atoms with Crippen molar-refractivity contribution < 1.29 is 38.2 Å². The molecule has 3 amide bonds. The second-order valence-electron chi connectivity index (χ2n) is 12.3. The van der Waals surface area contributed by atoms with Gasteiger partial charge in [-0.25, -0.2) is 9.59 Å². The first-order chi connectivity index (χ1) is 23.5. The predicted octanol–water partition coefficient (Wildman–Crippen LogP) is 4.65. The summed E-state index contributed by atoms with van der Waals surface area (Å²) in [6.45, 7) is 6.39. The van der Waals surface area contributed by atoms with Gasteiger partial charge >= 0.3 is 18.0 Å². The lowest BCUT2D eigenvalue weighted by Crippen LogP contribution is -2.58. The van der Waals surface area contributed by atoms with E-state index in [4.69, 9.17) is 14.2 Å². The van der Waals surface area contributed by atoms with E-state index in [0.29, 0.717) is 25.1 Å². The molecule has 0 saturated heterocycles. The first-order valence-electron chi connectivity index (χ1n) is 17.1. The number of ether oxygens (including phenoxy) is 3. The largest absolute Gasteiger partial charge is 0.497 e. The van der Waals surface area contributed by atoms with Gasteiger partial charge in [-0.3, -0.25) is 19.7 Å². The number of hydrogen-bond donors (Lipinski definition) is 3. The maximum atomic E-state index is 14.5. The highest BCUT2D eigenvalue weighted by Crippen LogP contribution is 2.19. The first-order valence-corrected chi connectivity index (χ1v) is 17.1. The molecule has 0 saturated carbocycles. The number of nitrogens with zero attached hydrogens (tertiary/aromatic N) is 1. The van der Waals surface area contributed by atoms with Gasteiger partial charge in [0.25, 0.3) is 0 Å². The van der Waals surface area contributed by atoms with E-state index in [1.165, 1.54) is 19.2 Å². The van der Waals surface area contributed by atoms with E-state index in [1.54, 1.807) is 37.3 Å². The third-order valence-corrected chi connectivity index (χ3v) is 8.09. The lowest BCUT2D eigenvalue weighted by molar-refractivity contribution is -0.146. The van der Waals surface area contributed by atoms with Gasteiger partial charge in [0, 0.05) is 26.6 Å². The molecule has 3 atom stereocenters. The second-order valence-corrected chi connectivity index (χ2v) is 12.3. The molecule has 270 valence electrons. The van der Waals surface area contributed by atoms with Gasteiger partial charge in [0.2, 0.25) is 11.8 Å². The molecular formula is C37H54N4O8. The number of amides is 3. The van der Waals surface area contributed by atoms with Crippen LogP contribution in [0, 0.1) is 5.92 Å². The monoisotopic (exact) mass is 682 g/mol. The quantitative estimate of drug-likeness (QED) is 0.0971. The summed E-state index contributed by atoms with van der Waals surface area (Å²) < 4.78 is 15.2. The molecule has 0 aliphatic carbocycles. The molecule has 0 aliphatic rings. The molecule has 2 aromatic carbocycles. The lowest BCUT2D eigenvalue weighted by atomic mass is 9.97. The number of hydrogen-bond acceptors (Lipinski definition) is 9. The van der Waals surface area contributed by atoms with E-state index >= 15 is 0 Å². The van der Waals surface area contributed by atoms with E-state index in [2.05, 4.69) is 22.9 Å². The average Bonchev–Trinajstić information content (AvgIpc) is 3.11. The normalized spacial score (nSPS) is 12.7. The molecule has 2 aromatic rings. The molecular weight excluding hydrogens is 628 g/mol. The van der Waals surface area contributed by atoms with E-state index < -0.39 is 36.2 Å². The van der Waals surface area contributed by atoms with Crippen LogP contribution in [-0.4, -0.2) is 87.2 Å². The highest BCUT2D eigenvalue weighted by molar-refractivity contribution is 5.96. The maximum absolute atomic E-state index is 14.5. The molecule has 0 aromatic heterocycles. The van der Waals surface area contributed by atoms with Crippen LogP contribution in [-0.2, 0) is 30.3 Å². The van der Waals surface area contributed by atoms with Gasteiger partial charge < -0.3 is 29.7 Å². The summed E-state index contributed by atoms with van der Waals surface area (Å²) in [7, 11) is 4.38. The van der Waals surface area contributed by atoms with Crippen LogP contribution in [0.4, 0.5) is 4.79 Å². The predicted molar refractivity (Wildman–Crippen MR) is 187 cm³/mol. The summed E-state index contributed by atoms with van der Waals surface area (Å²) in [5.74, 6) is -1.28. The van der Waals surface area contributed by atoms with Crippen LogP contribution in [0.25, 0.3) is 0 Å². The Labute approximate surface area is 290 Å². The van der Waals surface area contributed by atoms with Crippen LogP contribution >= 0.6 is 0 Å². The number of benzene rings is 2. The number of methoxy groups -OCH3 is 2. The second kappa shape index (κ2) is 22.2. The Morgan fingerprint density at radius 1 is 0.857 bits per heavy atom. The molecule has 2 rings (SSSR count). The molecule has 0 heterocycles. The molecule has 0 bridgehead atoms. The third kappa shape index (κ3) is 14.3. The lowest BCUT2D eigenvalue weighted by Gasteiger charge is -2.35. The van der Waals surface area contributed by atoms with Crippen molar-refractivity contribution in [2.24, 2.45) is 5.92 Å². The van der Waals surface area contributed by atoms with Gasteiger partial charge in [-0.1, -0.05) is 76.8 Å². The fourth-order valence-corrected chi connectivity index (χ4v) is 5.44. The Kier molecular flexibility index (Phi) is 18.5. The van der Waals surface area contributed by atoms with Gasteiger partial charge in [-0.2, -0.15) is 0 Å². The molecule has 0 fully saturated rings. The molecule has 0 unspecified atom stereocenters. The van der Waals surface area contributed by atoms with Crippen LogP contribution in [0.1, 0.15) is 81.6 Å². The van der Waals surface area contributed by atoms with Gasteiger partial charge in [0.15, 0.2) is 0 Å². The molecule has 49 heavy (non-hydrogen) atoms. The molecule has 0 aliphatic heterocycles. The standard InChI is InChI=1S/C37H54N4O8/c1-7-8-9-10-14-23-41(32(33(42)38-4)25-27-17-19-29(47-5)20-18-27)34(43)31(24-26(2)3)40-30(36(45)48-6)21-22-39-37(46)49-35(44)28-15-12-11-13-16-28/h11-13,15-20,26,30-32,40H,7-10,14,21-25H2,1-6H3,(H,38,42)(H,39,46)/t30-,31+,32+/m1/s1. The van der Waals surface area contributed by atoms with Crippen molar-refractivity contribution >= 4 is 29.8 Å². The highest BCUT2D eigenvalue weighted by atomic mass is 16.6. The SMILES string of the molecule is CCCCCCCN(C(=O)[C@H](CC(C)C)N[C@H](CCNC(=O)OC(=O)c1ccccc1)C(=O)OC)[C@@H](Cc1ccc(OC)cc1)C(=O)NC. The van der Waals surface area contributed by atoms with E-state index in [1.807, 2.05) is 38.1 Å². The Bertz CT molecular complexity index is 1320. The Balaban J connectivity index is 2.29. The van der Waals surface area contributed by atoms with Crippen molar-refractivity contribution in [1.29, 1.82) is 0 Å². The van der Waals surface area contributed by atoms with Crippen molar-refractivity contribution in [3.8, 4) is 5.75 Å². The third-order valence-electron chi connectivity index (χ3n) is 8.09. The number of likely N-dealkylation sites (N-methyl/N-ethyl adjacent to an activating group) is 1. The van der Waals surface area contributed by atoms with Crippen molar-refractivity contribution in [2.75, 3.05) is 34.4 Å². The molecule has 0 radical (unpaired) electrons. The Hall–Kier alpha value is -4.45. The van der Waals surface area contributed by atoms with Crippen LogP contribution < -0.4 is 20.7 Å². The van der Waals surface area contributed by atoms with Gasteiger partial charge in [-0.05, 0) is 55.0 Å². The smallest absolute Gasteiger partial charge is 0.415 e. The van der Waals surface area contributed by atoms with Crippen molar-refractivity contribution in [1.82, 2.24) is 20.9 Å². The summed E-state index contributed by atoms with van der Waals surface area (Å²) in [6, 6.07) is 12.9. The van der Waals surface area contributed by atoms with Crippen LogP contribution in [0.15, 0.2) is 54.6 Å². The van der Waals surface area contributed by atoms with Crippen molar-refractivity contribution in [3.63, 3.8) is 0 Å². The molecule has 0 spiro atoms. The summed E-state index contributed by atoms with van der Waals surface area (Å²) in [4.78, 5) is 67.1. The number of carbonyl (C=O) groups excluding carboxylic acids is 5. The van der Waals surface area contributed by atoms with E-state index in [-0.39, 0.29) is 42.7 Å². The fraction of sp³-hybridized carbons (Fsp3) is 0.541. The molecule has 12 nitrogen and oxygen atoms in total. The minimum absolute atomic E-state index is 0.0459. The van der Waals surface area contributed by atoms with Crippen molar-refractivity contribution in [3.05, 3.63) is 65.7 Å². The fourth-order valence-electron chi connectivity index (χ4n) is 5.44. The van der Waals surface area contributed by atoms with Crippen molar-refractivity contribution in [2.45, 2.75) is 90.3 Å². The topological polar surface area (TPSA) is 152 Å². The number of carbonyl (C=O) groups is 5. The molecule has 12 heteroatoms. The molecule has 3 N–H and O–H groups in total. The summed E-state index contributed by atoms with van der Waals surface area (Å²) in [6.07, 6.45) is 4.54. The summed E-state index contributed by atoms with van der Waals surface area (Å²) >= 11 is 0. The zero-order valence-electron chi connectivity index (χ0n) is 29.8.